The van der Waals surface area contributed by atoms with Gasteiger partial charge in [0.05, 0.1) is 7.11 Å². The van der Waals surface area contributed by atoms with E-state index in [1.165, 1.54) is 0 Å². The molecule has 1 aliphatic rings. The van der Waals surface area contributed by atoms with Crippen molar-refractivity contribution in [3.8, 4) is 5.75 Å². The van der Waals surface area contributed by atoms with Gasteiger partial charge in [-0.25, -0.2) is 0 Å². The third kappa shape index (κ3) is 3.55. The molecule has 1 fully saturated rings. The molecule has 2 rings (SSSR count). The molecule has 19 heavy (non-hydrogen) atoms. The quantitative estimate of drug-likeness (QED) is 0.595. The van der Waals surface area contributed by atoms with Crippen LogP contribution in [0.4, 0.5) is 0 Å². The van der Waals surface area contributed by atoms with Gasteiger partial charge in [-0.2, -0.15) is 0 Å². The molecule has 0 unspecified atom stereocenters. The minimum atomic E-state index is -0.346. The van der Waals surface area contributed by atoms with Crippen LogP contribution in [-0.2, 0) is 9.53 Å². The van der Waals surface area contributed by atoms with Crippen LogP contribution in [0, 0.1) is 0 Å². The van der Waals surface area contributed by atoms with Gasteiger partial charge < -0.3 is 9.47 Å². The Morgan fingerprint density at radius 2 is 2.11 bits per heavy atom. The smallest absolute Gasteiger partial charge is 0.189 e. The van der Waals surface area contributed by atoms with Crippen LogP contribution in [-0.4, -0.2) is 31.5 Å². The van der Waals surface area contributed by atoms with E-state index in [0.717, 1.165) is 15.6 Å². The van der Waals surface area contributed by atoms with E-state index in [-0.39, 0.29) is 18.0 Å². The van der Waals surface area contributed by atoms with E-state index in [9.17, 15) is 4.79 Å². The lowest BCUT2D eigenvalue weighted by molar-refractivity contribution is -0.115. The van der Waals surface area contributed by atoms with Crippen molar-refractivity contribution in [2.75, 3.05) is 19.6 Å². The van der Waals surface area contributed by atoms with Crippen molar-refractivity contribution in [2.24, 2.45) is 0 Å². The summed E-state index contributed by atoms with van der Waals surface area (Å²) >= 11 is 3.15. The molecule has 1 aromatic rings. The van der Waals surface area contributed by atoms with Crippen LogP contribution in [0.5, 0.6) is 5.75 Å². The molecule has 0 spiro atoms. The Kier molecular flexibility index (Phi) is 4.96. The maximum Gasteiger partial charge on any atom is 0.189 e. The Balaban J connectivity index is 2.04. The first-order chi connectivity index (χ1) is 9.19. The Morgan fingerprint density at radius 1 is 1.37 bits per heavy atom. The molecule has 5 heteroatoms. The van der Waals surface area contributed by atoms with Crippen molar-refractivity contribution >= 4 is 29.3 Å². The van der Waals surface area contributed by atoms with E-state index >= 15 is 0 Å². The monoisotopic (exact) mass is 296 g/mol. The molecule has 0 aromatic heterocycles. The number of epoxide rings is 1. The van der Waals surface area contributed by atoms with Crippen molar-refractivity contribution in [2.45, 2.75) is 12.2 Å². The lowest BCUT2D eigenvalue weighted by Crippen LogP contribution is -2.04. The Labute approximate surface area is 121 Å². The summed E-state index contributed by atoms with van der Waals surface area (Å²) in [6, 6.07) is 7.64. The van der Waals surface area contributed by atoms with Gasteiger partial charge in [0.2, 0.25) is 0 Å². The van der Waals surface area contributed by atoms with Gasteiger partial charge in [-0.05, 0) is 30.2 Å². The van der Waals surface area contributed by atoms with Gasteiger partial charge >= 0.3 is 0 Å². The lowest BCUT2D eigenvalue weighted by atomic mass is 10.1. The summed E-state index contributed by atoms with van der Waals surface area (Å²) in [6.07, 6.45) is 5.11. The van der Waals surface area contributed by atoms with E-state index in [4.69, 9.17) is 9.47 Å². The van der Waals surface area contributed by atoms with Crippen molar-refractivity contribution in [3.63, 3.8) is 0 Å². The summed E-state index contributed by atoms with van der Waals surface area (Å²) in [7, 11) is 1.63. The highest BCUT2D eigenvalue weighted by Crippen LogP contribution is 2.41. The summed E-state index contributed by atoms with van der Waals surface area (Å²) < 4.78 is 11.7. The average Bonchev–Trinajstić information content (AvgIpc) is 3.25. The van der Waals surface area contributed by atoms with Crippen molar-refractivity contribution in [3.05, 3.63) is 40.1 Å². The third-order valence-corrected chi connectivity index (χ3v) is 4.90. The summed E-state index contributed by atoms with van der Waals surface area (Å²) in [5.41, 5.74) is 0.987. The number of hydrogen-bond acceptors (Lipinski definition) is 5. The molecular formula is C14H16O3S2. The number of hydrogen-bond donors (Lipinski definition) is 0. The van der Waals surface area contributed by atoms with Crippen molar-refractivity contribution < 1.29 is 14.3 Å². The fraction of sp³-hybridized carbons (Fsp3) is 0.357. The summed E-state index contributed by atoms with van der Waals surface area (Å²) in [5.74, 6) is 0.815. The molecule has 1 heterocycles. The highest BCUT2D eigenvalue weighted by atomic mass is 32.2. The van der Waals surface area contributed by atoms with Gasteiger partial charge in [0, 0.05) is 10.3 Å². The molecule has 0 amide bonds. The van der Waals surface area contributed by atoms with Gasteiger partial charge in [0.1, 0.15) is 11.9 Å². The number of methoxy groups -OCH3 is 1. The molecule has 0 radical (unpaired) electrons. The Bertz CT molecular complexity index is 493. The Hall–Kier alpha value is -0.910. The number of benzene rings is 1. The largest absolute Gasteiger partial charge is 0.497 e. The zero-order valence-electron chi connectivity index (χ0n) is 11.1. The first-order valence-electron chi connectivity index (χ1n) is 5.82. The van der Waals surface area contributed by atoms with Crippen LogP contribution in [0.3, 0.4) is 0 Å². The summed E-state index contributed by atoms with van der Waals surface area (Å²) in [5, 5.41) is 0. The lowest BCUT2D eigenvalue weighted by Gasteiger charge is -2.01. The highest BCUT2D eigenvalue weighted by molar-refractivity contribution is 8.21. The van der Waals surface area contributed by atoms with E-state index < -0.39 is 0 Å². The van der Waals surface area contributed by atoms with Crippen LogP contribution in [0.2, 0.25) is 0 Å². The third-order valence-electron chi connectivity index (χ3n) is 2.86. The second-order valence-electron chi connectivity index (χ2n) is 4.03. The fourth-order valence-corrected chi connectivity index (χ4v) is 2.93. The minimum Gasteiger partial charge on any atom is -0.497 e. The zero-order chi connectivity index (χ0) is 13.8. The number of thioether (sulfide) groups is 2. The van der Waals surface area contributed by atoms with Gasteiger partial charge in [0.15, 0.2) is 11.9 Å². The molecule has 1 aliphatic heterocycles. The van der Waals surface area contributed by atoms with Gasteiger partial charge in [0.25, 0.3) is 0 Å². The average molecular weight is 296 g/mol. The normalized spacial score (nSPS) is 20.8. The summed E-state index contributed by atoms with van der Waals surface area (Å²) in [4.78, 5) is 12.0. The second-order valence-corrected chi connectivity index (χ2v) is 5.98. The van der Waals surface area contributed by atoms with Crippen molar-refractivity contribution in [1.82, 2.24) is 0 Å². The number of carbonyl (C=O) groups is 1. The minimum absolute atomic E-state index is 0.0338. The Morgan fingerprint density at radius 3 is 2.74 bits per heavy atom. The predicted octanol–water partition coefficient (Wildman–Crippen LogP) is 3.27. The standard InChI is InChI=1S/C14H16O3S2/c1-16-10-6-4-5-9(7-10)13-14(17-13)11(15)8-12(18-2)19-3/h4-8,13-14H,1-3H3/t13-,14-/m1/s1. The van der Waals surface area contributed by atoms with Gasteiger partial charge in [-0.15, -0.1) is 23.5 Å². The molecular weight excluding hydrogens is 280 g/mol. The predicted molar refractivity (Wildman–Crippen MR) is 80.7 cm³/mol. The van der Waals surface area contributed by atoms with Gasteiger partial charge in [-0.3, -0.25) is 4.79 Å². The van der Waals surface area contributed by atoms with E-state index in [0.29, 0.717) is 0 Å². The molecule has 1 saturated heterocycles. The number of carbonyl (C=O) groups excluding carboxylic acids is 1. The van der Waals surface area contributed by atoms with Crippen LogP contribution in [0.25, 0.3) is 0 Å². The maximum atomic E-state index is 12.0. The van der Waals surface area contributed by atoms with Gasteiger partial charge in [-0.1, -0.05) is 12.1 Å². The molecule has 0 aliphatic carbocycles. The molecule has 1 aromatic carbocycles. The summed E-state index contributed by atoms with van der Waals surface area (Å²) in [6.45, 7) is 0. The number of ether oxygens (including phenoxy) is 2. The van der Waals surface area contributed by atoms with Crippen LogP contribution < -0.4 is 4.74 Å². The molecule has 102 valence electrons. The van der Waals surface area contributed by atoms with E-state index in [2.05, 4.69) is 0 Å². The van der Waals surface area contributed by atoms with Crippen LogP contribution >= 0.6 is 23.5 Å². The van der Waals surface area contributed by atoms with E-state index in [1.54, 1.807) is 36.7 Å². The number of rotatable bonds is 6. The second kappa shape index (κ2) is 6.50. The molecule has 2 atom stereocenters. The van der Waals surface area contributed by atoms with E-state index in [1.807, 2.05) is 36.8 Å². The highest BCUT2D eigenvalue weighted by Gasteiger charge is 2.45. The SMILES string of the molecule is COc1cccc([C@H]2O[C@@H]2C(=O)C=C(SC)SC)c1. The first-order valence-corrected chi connectivity index (χ1v) is 8.27. The van der Waals surface area contributed by atoms with Crippen LogP contribution in [0.1, 0.15) is 11.7 Å². The first kappa shape index (κ1) is 14.5. The molecule has 0 saturated carbocycles. The number of ketones is 1. The molecule has 3 nitrogen and oxygen atoms in total. The zero-order valence-corrected chi connectivity index (χ0v) is 12.7. The maximum absolute atomic E-state index is 12.0. The molecule has 0 bridgehead atoms. The fourth-order valence-electron chi connectivity index (χ4n) is 1.80. The van der Waals surface area contributed by atoms with Crippen LogP contribution in [0.15, 0.2) is 34.6 Å². The van der Waals surface area contributed by atoms with Crippen molar-refractivity contribution in [1.29, 1.82) is 0 Å². The molecule has 0 N–H and O–H groups in total. The topological polar surface area (TPSA) is 38.8 Å².